The minimum Gasteiger partial charge on any atom is -0.416 e. The molecule has 0 unspecified atom stereocenters. The van der Waals surface area contributed by atoms with Gasteiger partial charge in [-0.25, -0.2) is 4.79 Å². The van der Waals surface area contributed by atoms with Gasteiger partial charge in [-0.2, -0.15) is 5.06 Å². The van der Waals surface area contributed by atoms with Gasteiger partial charge < -0.3 is 9.64 Å². The fourth-order valence-electron chi connectivity index (χ4n) is 1.14. The predicted octanol–water partition coefficient (Wildman–Crippen LogP) is 0.836. The molecule has 80 valence electrons. The highest BCUT2D eigenvalue weighted by molar-refractivity contribution is 5.68. The number of ether oxygens (including phenoxy) is 1. The lowest BCUT2D eigenvalue weighted by Gasteiger charge is -2.18. The van der Waals surface area contributed by atoms with E-state index in [1.165, 1.54) is 0 Å². The van der Waals surface area contributed by atoms with Crippen LogP contribution in [-0.2, 0) is 9.57 Å². The van der Waals surface area contributed by atoms with E-state index in [-0.39, 0.29) is 6.09 Å². The Morgan fingerprint density at radius 3 is 2.79 bits per heavy atom. The summed E-state index contributed by atoms with van der Waals surface area (Å²) in [6, 6.07) is 0. The lowest BCUT2D eigenvalue weighted by atomic mass is 10.5. The van der Waals surface area contributed by atoms with Gasteiger partial charge >= 0.3 is 6.09 Å². The molecule has 0 atom stereocenters. The van der Waals surface area contributed by atoms with E-state index < -0.39 is 0 Å². The average molecular weight is 200 g/mol. The molecule has 0 aromatic carbocycles. The number of likely N-dealkylation sites (N-methyl/N-ethyl adjacent to an activating group) is 1. The van der Waals surface area contributed by atoms with Crippen molar-refractivity contribution in [1.29, 1.82) is 0 Å². The first-order valence-corrected chi connectivity index (χ1v) is 4.56. The maximum Gasteiger partial charge on any atom is 0.415 e. The van der Waals surface area contributed by atoms with Crippen molar-refractivity contribution in [3.05, 3.63) is 12.3 Å². The summed E-state index contributed by atoms with van der Waals surface area (Å²) in [6.45, 7) is 7.52. The molecule has 0 spiro atoms. The van der Waals surface area contributed by atoms with Crippen LogP contribution in [0, 0.1) is 0 Å². The summed E-state index contributed by atoms with van der Waals surface area (Å²) >= 11 is 0. The van der Waals surface area contributed by atoms with Gasteiger partial charge in [0.05, 0.1) is 12.4 Å². The highest BCUT2D eigenvalue weighted by Crippen LogP contribution is 2.03. The average Bonchev–Trinajstić information content (AvgIpc) is 2.28. The summed E-state index contributed by atoms with van der Waals surface area (Å²) in [6.07, 6.45) is -0.351. The summed E-state index contributed by atoms with van der Waals surface area (Å²) in [4.78, 5) is 18.3. The van der Waals surface area contributed by atoms with Gasteiger partial charge in [-0.1, -0.05) is 6.58 Å². The second-order valence-electron chi connectivity index (χ2n) is 3.24. The lowest BCUT2D eigenvalue weighted by Crippen LogP contribution is -2.35. The first-order chi connectivity index (χ1) is 6.59. The SMILES string of the molecule is C=C(C)OC(=O)N1CCON(C)CC1. The van der Waals surface area contributed by atoms with Crippen LogP contribution in [0.2, 0.25) is 0 Å². The molecule has 1 aliphatic heterocycles. The number of carbonyl (C=O) groups is 1. The standard InChI is InChI=1S/C9H16N2O3/c1-8(2)14-9(12)11-5-4-10(3)13-7-6-11/h1,4-7H2,2-3H3. The van der Waals surface area contributed by atoms with Crippen LogP contribution in [0.5, 0.6) is 0 Å². The minimum atomic E-state index is -0.351. The monoisotopic (exact) mass is 200 g/mol. The summed E-state index contributed by atoms with van der Waals surface area (Å²) in [5.41, 5.74) is 0. The number of rotatable bonds is 1. The van der Waals surface area contributed by atoms with E-state index in [2.05, 4.69) is 6.58 Å². The Balaban J connectivity index is 2.43. The summed E-state index contributed by atoms with van der Waals surface area (Å²) < 4.78 is 4.90. The molecule has 5 nitrogen and oxygen atoms in total. The quantitative estimate of drug-likeness (QED) is 0.588. The van der Waals surface area contributed by atoms with Gasteiger partial charge in [0.25, 0.3) is 0 Å². The van der Waals surface area contributed by atoms with Crippen LogP contribution >= 0.6 is 0 Å². The van der Waals surface area contributed by atoms with E-state index in [0.717, 1.165) is 0 Å². The number of hydroxylamine groups is 2. The van der Waals surface area contributed by atoms with Gasteiger partial charge in [-0.15, -0.1) is 0 Å². The summed E-state index contributed by atoms with van der Waals surface area (Å²) in [5, 5.41) is 1.72. The van der Waals surface area contributed by atoms with E-state index in [1.807, 2.05) is 7.05 Å². The van der Waals surface area contributed by atoms with Crippen molar-refractivity contribution in [3.63, 3.8) is 0 Å². The molecule has 0 bridgehead atoms. The molecule has 1 rings (SSSR count). The van der Waals surface area contributed by atoms with Crippen molar-refractivity contribution in [1.82, 2.24) is 9.96 Å². The molecule has 0 saturated carbocycles. The van der Waals surface area contributed by atoms with Crippen LogP contribution in [0.25, 0.3) is 0 Å². The van der Waals surface area contributed by atoms with Gasteiger partial charge in [0.2, 0.25) is 0 Å². The zero-order chi connectivity index (χ0) is 10.6. The first kappa shape index (κ1) is 11.0. The van der Waals surface area contributed by atoms with E-state index in [4.69, 9.17) is 9.57 Å². The van der Waals surface area contributed by atoms with Crippen LogP contribution in [0.1, 0.15) is 6.92 Å². The first-order valence-electron chi connectivity index (χ1n) is 4.56. The highest BCUT2D eigenvalue weighted by Gasteiger charge is 2.18. The molecule has 0 N–H and O–H groups in total. The molecule has 1 saturated heterocycles. The number of amides is 1. The highest BCUT2D eigenvalue weighted by atomic mass is 16.7. The van der Waals surface area contributed by atoms with Crippen LogP contribution in [0.3, 0.4) is 0 Å². The molecule has 1 aliphatic rings. The molecule has 14 heavy (non-hydrogen) atoms. The molecule has 1 fully saturated rings. The number of carbonyl (C=O) groups excluding carboxylic acids is 1. The Labute approximate surface area is 83.8 Å². The molecule has 0 radical (unpaired) electrons. The van der Waals surface area contributed by atoms with Crippen LogP contribution < -0.4 is 0 Å². The van der Waals surface area contributed by atoms with Crippen molar-refractivity contribution in [2.45, 2.75) is 6.92 Å². The van der Waals surface area contributed by atoms with Crippen LogP contribution in [0.15, 0.2) is 12.3 Å². The largest absolute Gasteiger partial charge is 0.416 e. The van der Waals surface area contributed by atoms with Gasteiger partial charge in [-0.3, -0.25) is 4.84 Å². The third-order valence-corrected chi connectivity index (χ3v) is 1.88. The molecular formula is C9H16N2O3. The maximum absolute atomic E-state index is 11.4. The molecule has 1 amide bonds. The second-order valence-corrected chi connectivity index (χ2v) is 3.24. The topological polar surface area (TPSA) is 42.0 Å². The van der Waals surface area contributed by atoms with Crippen molar-refractivity contribution in [2.75, 3.05) is 33.3 Å². The third-order valence-electron chi connectivity index (χ3n) is 1.88. The van der Waals surface area contributed by atoms with Gasteiger partial charge in [0, 0.05) is 26.7 Å². The second kappa shape index (κ2) is 4.97. The fourth-order valence-corrected chi connectivity index (χ4v) is 1.14. The van der Waals surface area contributed by atoms with Crippen LogP contribution in [-0.4, -0.2) is 49.3 Å². The molecular weight excluding hydrogens is 184 g/mol. The fraction of sp³-hybridized carbons (Fsp3) is 0.667. The lowest BCUT2D eigenvalue weighted by molar-refractivity contribution is -0.126. The number of hydrogen-bond donors (Lipinski definition) is 0. The van der Waals surface area contributed by atoms with Crippen molar-refractivity contribution in [2.24, 2.45) is 0 Å². The summed E-state index contributed by atoms with van der Waals surface area (Å²) in [7, 11) is 1.84. The Morgan fingerprint density at radius 1 is 1.43 bits per heavy atom. The minimum absolute atomic E-state index is 0.351. The molecule has 0 aromatic heterocycles. The number of hydrogen-bond acceptors (Lipinski definition) is 4. The normalized spacial score (nSPS) is 18.9. The maximum atomic E-state index is 11.4. The van der Waals surface area contributed by atoms with Gasteiger partial charge in [0.1, 0.15) is 0 Å². The number of nitrogens with zero attached hydrogens (tertiary/aromatic N) is 2. The smallest absolute Gasteiger partial charge is 0.415 e. The Morgan fingerprint density at radius 2 is 2.14 bits per heavy atom. The predicted molar refractivity (Wildman–Crippen MR) is 51.5 cm³/mol. The van der Waals surface area contributed by atoms with E-state index in [9.17, 15) is 4.79 Å². The van der Waals surface area contributed by atoms with E-state index >= 15 is 0 Å². The third kappa shape index (κ3) is 3.35. The van der Waals surface area contributed by atoms with Crippen molar-refractivity contribution < 1.29 is 14.4 Å². The van der Waals surface area contributed by atoms with Crippen molar-refractivity contribution >= 4 is 6.09 Å². The molecule has 0 aromatic rings. The Hall–Kier alpha value is -1.07. The van der Waals surface area contributed by atoms with E-state index in [0.29, 0.717) is 32.0 Å². The van der Waals surface area contributed by atoms with E-state index in [1.54, 1.807) is 16.9 Å². The zero-order valence-electron chi connectivity index (χ0n) is 8.65. The van der Waals surface area contributed by atoms with Crippen molar-refractivity contribution in [3.8, 4) is 0 Å². The van der Waals surface area contributed by atoms with Gasteiger partial charge in [-0.05, 0) is 6.92 Å². The van der Waals surface area contributed by atoms with Crippen LogP contribution in [0.4, 0.5) is 4.79 Å². The molecule has 0 aliphatic carbocycles. The molecule has 5 heteroatoms. The van der Waals surface area contributed by atoms with Gasteiger partial charge in [0.15, 0.2) is 0 Å². The Bertz CT molecular complexity index is 230. The summed E-state index contributed by atoms with van der Waals surface area (Å²) in [5.74, 6) is 0.411. The molecule has 1 heterocycles. The Kier molecular flexibility index (Phi) is 3.91. The zero-order valence-corrected chi connectivity index (χ0v) is 8.65. The number of allylic oxidation sites excluding steroid dienone is 1.